The van der Waals surface area contributed by atoms with Crippen molar-refractivity contribution in [2.45, 2.75) is 38.6 Å². The van der Waals surface area contributed by atoms with Crippen molar-refractivity contribution in [1.82, 2.24) is 5.32 Å². The summed E-state index contributed by atoms with van der Waals surface area (Å²) in [6.45, 7) is 2.49. The highest BCUT2D eigenvalue weighted by atomic mass is 16.6. The van der Waals surface area contributed by atoms with E-state index in [0.717, 1.165) is 29.0 Å². The number of hydrogen-bond acceptors (Lipinski definition) is 6. The van der Waals surface area contributed by atoms with Gasteiger partial charge in [-0.1, -0.05) is 12.1 Å². The number of carbonyl (C=O) groups excluding carboxylic acids is 3. The van der Waals surface area contributed by atoms with Crippen LogP contribution in [0, 0.1) is 22.5 Å². The highest BCUT2D eigenvalue weighted by Gasteiger charge is 2.62. The molecule has 3 aliphatic rings. The molecule has 164 valence electrons. The van der Waals surface area contributed by atoms with E-state index in [1.807, 2.05) is 17.9 Å². The molecule has 0 radical (unpaired) electrons. The summed E-state index contributed by atoms with van der Waals surface area (Å²) in [6.07, 6.45) is 2.36. The van der Waals surface area contributed by atoms with Gasteiger partial charge in [0.2, 0.25) is 5.91 Å². The molecule has 2 atom stereocenters. The maximum absolute atomic E-state index is 14.0. The Hall–Kier alpha value is -3.75. The highest BCUT2D eigenvalue weighted by Crippen LogP contribution is 2.48. The Balaban J connectivity index is 1.68. The second-order valence-electron chi connectivity index (χ2n) is 8.66. The molecule has 0 aromatic heterocycles. The minimum Gasteiger partial charge on any atom is -0.367 e. The lowest BCUT2D eigenvalue weighted by molar-refractivity contribution is -0.384. The molecule has 3 aliphatic heterocycles. The predicted octanol–water partition coefficient (Wildman–Crippen LogP) is 3.09. The molecule has 32 heavy (non-hydrogen) atoms. The molecule has 2 saturated heterocycles. The van der Waals surface area contributed by atoms with Crippen molar-refractivity contribution in [3.63, 3.8) is 0 Å². The molecule has 4 amide bonds. The van der Waals surface area contributed by atoms with Crippen molar-refractivity contribution in [2.75, 3.05) is 16.3 Å². The largest absolute Gasteiger partial charge is 0.367 e. The van der Waals surface area contributed by atoms with Crippen LogP contribution in [0.5, 0.6) is 0 Å². The maximum atomic E-state index is 14.0. The maximum Gasteiger partial charge on any atom is 0.335 e. The molecule has 1 N–H and O–H groups in total. The third-order valence-corrected chi connectivity index (χ3v) is 6.80. The van der Waals surface area contributed by atoms with Crippen molar-refractivity contribution in [3.8, 4) is 0 Å². The van der Waals surface area contributed by atoms with Crippen molar-refractivity contribution >= 4 is 34.9 Å². The van der Waals surface area contributed by atoms with Crippen LogP contribution in [0.2, 0.25) is 0 Å². The van der Waals surface area contributed by atoms with E-state index in [1.54, 1.807) is 24.3 Å². The standard InChI is InChI=1S/C23H22N4O5/c1-14-5-4-6-16(11-14)26-21(29)23(20(28)24-22(26)30)13-15-12-17(27(31)32)8-9-18(15)25-10-3-2-7-19(23)25/h4-6,8-9,11-12,19H,2-3,7,10,13H2,1H3,(H,24,28,30)/t19-,23-/m0/s1. The van der Waals surface area contributed by atoms with Gasteiger partial charge in [0.05, 0.1) is 16.7 Å². The van der Waals surface area contributed by atoms with Crippen LogP contribution in [-0.2, 0) is 16.0 Å². The minimum absolute atomic E-state index is 0.00540. The number of barbiturate groups is 1. The molecule has 0 aliphatic carbocycles. The quantitative estimate of drug-likeness (QED) is 0.442. The number of nitro benzene ring substituents is 1. The van der Waals surface area contributed by atoms with Crippen LogP contribution in [0.25, 0.3) is 0 Å². The van der Waals surface area contributed by atoms with Crippen LogP contribution >= 0.6 is 0 Å². The fourth-order valence-electron chi connectivity index (χ4n) is 5.36. The van der Waals surface area contributed by atoms with Gasteiger partial charge in [-0.15, -0.1) is 0 Å². The fourth-order valence-corrected chi connectivity index (χ4v) is 5.36. The van der Waals surface area contributed by atoms with Gasteiger partial charge in [-0.25, -0.2) is 9.69 Å². The van der Waals surface area contributed by atoms with Crippen LogP contribution < -0.4 is 15.1 Å². The molecule has 1 spiro atoms. The Morgan fingerprint density at radius 3 is 2.69 bits per heavy atom. The number of nitrogens with one attached hydrogen (secondary N) is 1. The molecule has 3 heterocycles. The summed E-state index contributed by atoms with van der Waals surface area (Å²) in [7, 11) is 0. The third-order valence-electron chi connectivity index (χ3n) is 6.80. The zero-order valence-electron chi connectivity index (χ0n) is 17.5. The van der Waals surface area contributed by atoms with E-state index in [1.165, 1.54) is 12.1 Å². The van der Waals surface area contributed by atoms with Gasteiger partial charge in [0.15, 0.2) is 5.41 Å². The van der Waals surface area contributed by atoms with Gasteiger partial charge in [-0.3, -0.25) is 25.0 Å². The van der Waals surface area contributed by atoms with Crippen LogP contribution in [0.15, 0.2) is 42.5 Å². The molecule has 2 fully saturated rings. The first-order valence-corrected chi connectivity index (χ1v) is 10.6. The van der Waals surface area contributed by atoms with Crippen LogP contribution in [0.3, 0.4) is 0 Å². The second-order valence-corrected chi connectivity index (χ2v) is 8.66. The zero-order chi connectivity index (χ0) is 22.6. The number of amides is 4. The number of urea groups is 1. The number of imide groups is 2. The molecule has 9 nitrogen and oxygen atoms in total. The van der Waals surface area contributed by atoms with Crippen molar-refractivity contribution in [1.29, 1.82) is 0 Å². The molecule has 2 aromatic carbocycles. The van der Waals surface area contributed by atoms with Gasteiger partial charge >= 0.3 is 6.03 Å². The first-order chi connectivity index (χ1) is 15.3. The SMILES string of the molecule is Cc1cccc(N2C(=O)NC(=O)[C@@]3(Cc4cc([N+](=O)[O-])ccc4N4CCCC[C@H]43)C2=O)c1. The molecule has 0 saturated carbocycles. The Morgan fingerprint density at radius 1 is 1.12 bits per heavy atom. The summed E-state index contributed by atoms with van der Waals surface area (Å²) >= 11 is 0. The molecular formula is C23H22N4O5. The molecule has 2 aromatic rings. The molecule has 9 heteroatoms. The van der Waals surface area contributed by atoms with E-state index in [0.29, 0.717) is 24.2 Å². The van der Waals surface area contributed by atoms with E-state index in [9.17, 15) is 24.5 Å². The average Bonchev–Trinajstić information content (AvgIpc) is 2.77. The Morgan fingerprint density at radius 2 is 1.94 bits per heavy atom. The van der Waals surface area contributed by atoms with Gasteiger partial charge in [-0.05, 0) is 55.5 Å². The summed E-state index contributed by atoms with van der Waals surface area (Å²) in [4.78, 5) is 54.1. The van der Waals surface area contributed by atoms with Gasteiger partial charge in [0.25, 0.3) is 11.6 Å². The average molecular weight is 434 g/mol. The lowest BCUT2D eigenvalue weighted by Gasteiger charge is -2.53. The number of anilines is 2. The third kappa shape index (κ3) is 2.80. The van der Waals surface area contributed by atoms with Crippen molar-refractivity contribution < 1.29 is 19.3 Å². The minimum atomic E-state index is -1.54. The van der Waals surface area contributed by atoms with Crippen molar-refractivity contribution in [3.05, 3.63) is 63.7 Å². The normalized spacial score (nSPS) is 24.8. The van der Waals surface area contributed by atoms with E-state index in [4.69, 9.17) is 0 Å². The summed E-state index contributed by atoms with van der Waals surface area (Å²) in [5.74, 6) is -1.21. The highest BCUT2D eigenvalue weighted by molar-refractivity contribution is 6.30. The van der Waals surface area contributed by atoms with E-state index < -0.39 is 34.2 Å². The van der Waals surface area contributed by atoms with Crippen LogP contribution in [0.4, 0.5) is 21.9 Å². The lowest BCUT2D eigenvalue weighted by Crippen LogP contribution is -2.72. The number of carbonyl (C=O) groups is 3. The number of rotatable bonds is 2. The lowest BCUT2D eigenvalue weighted by atomic mass is 9.66. The first kappa shape index (κ1) is 20.2. The van der Waals surface area contributed by atoms with Crippen molar-refractivity contribution in [2.24, 2.45) is 5.41 Å². The van der Waals surface area contributed by atoms with Crippen LogP contribution in [-0.4, -0.2) is 35.4 Å². The number of nitro groups is 1. The molecule has 0 bridgehead atoms. The number of hydrogen-bond donors (Lipinski definition) is 1. The summed E-state index contributed by atoms with van der Waals surface area (Å²) in [5, 5.41) is 13.8. The second kappa shape index (κ2) is 7.15. The number of non-ortho nitro benzene ring substituents is 1. The zero-order valence-corrected chi connectivity index (χ0v) is 17.5. The summed E-state index contributed by atoms with van der Waals surface area (Å²) in [6, 6.07) is 10.4. The summed E-state index contributed by atoms with van der Waals surface area (Å²) < 4.78 is 0. The Bertz CT molecular complexity index is 1180. The fraction of sp³-hybridized carbons (Fsp3) is 0.348. The topological polar surface area (TPSA) is 113 Å². The number of benzene rings is 2. The van der Waals surface area contributed by atoms with Gasteiger partial charge in [0, 0.05) is 30.8 Å². The Kier molecular flexibility index (Phi) is 4.51. The number of nitrogens with zero attached hydrogens (tertiary/aromatic N) is 3. The van der Waals surface area contributed by atoms with Crippen LogP contribution in [0.1, 0.15) is 30.4 Å². The first-order valence-electron chi connectivity index (χ1n) is 10.6. The predicted molar refractivity (Wildman–Crippen MR) is 116 cm³/mol. The number of piperidine rings is 1. The van der Waals surface area contributed by atoms with Gasteiger partial charge < -0.3 is 4.90 Å². The van der Waals surface area contributed by atoms with E-state index >= 15 is 0 Å². The number of fused-ring (bicyclic) bond motifs is 4. The van der Waals surface area contributed by atoms with Gasteiger partial charge in [-0.2, -0.15) is 0 Å². The van der Waals surface area contributed by atoms with Gasteiger partial charge in [0.1, 0.15) is 0 Å². The molecule has 0 unspecified atom stereocenters. The number of aryl methyl sites for hydroxylation is 1. The Labute approximate surface area is 184 Å². The smallest absolute Gasteiger partial charge is 0.335 e. The van der Waals surface area contributed by atoms with E-state index in [2.05, 4.69) is 5.32 Å². The van der Waals surface area contributed by atoms with E-state index in [-0.39, 0.29) is 12.1 Å². The summed E-state index contributed by atoms with van der Waals surface area (Å²) in [5.41, 5.74) is 1.01. The monoisotopic (exact) mass is 434 g/mol. The molecule has 5 rings (SSSR count). The molecular weight excluding hydrogens is 412 g/mol.